The lowest BCUT2D eigenvalue weighted by molar-refractivity contribution is 0.296. The Morgan fingerprint density at radius 2 is 2.15 bits per heavy atom. The second-order valence-electron chi connectivity index (χ2n) is 2.82. The van der Waals surface area contributed by atoms with Gasteiger partial charge in [0.25, 0.3) is 0 Å². The molecular weight excluding hydrogens is 230 g/mol. The number of halogens is 1. The monoisotopic (exact) mass is 245 g/mol. The first-order valence-electron chi connectivity index (χ1n) is 4.19. The summed E-state index contributed by atoms with van der Waals surface area (Å²) >= 11 is 3.27. The van der Waals surface area contributed by atoms with Gasteiger partial charge in [0.05, 0.1) is 6.01 Å². The highest BCUT2D eigenvalue weighted by molar-refractivity contribution is 9.09. The molecule has 0 fully saturated rings. The number of rotatable bonds is 5. The lowest BCUT2D eigenvalue weighted by Crippen LogP contribution is -2.24. The van der Waals surface area contributed by atoms with Gasteiger partial charge in [-0.1, -0.05) is 28.9 Å². The molecule has 74 valence electrons. The number of aliphatic imine (C=N–C) groups is 2. The average molecular weight is 246 g/mol. The molecule has 0 aromatic carbocycles. The molecule has 4 heteroatoms. The highest BCUT2D eigenvalue weighted by atomic mass is 79.9. The molecule has 3 nitrogen and oxygen atoms in total. The second kappa shape index (κ2) is 7.01. The third-order valence-electron chi connectivity index (χ3n) is 1.54. The van der Waals surface area contributed by atoms with E-state index in [1.54, 1.807) is 6.08 Å². The first kappa shape index (κ1) is 12.6. The summed E-state index contributed by atoms with van der Waals surface area (Å²) in [5.41, 5.74) is 0. The molecule has 0 aromatic heterocycles. The molecule has 0 saturated heterocycles. The van der Waals surface area contributed by atoms with Crippen LogP contribution < -0.4 is 0 Å². The standard InChI is InChI=1S/C9H16BrN3/c1-5-8(10)11-7-12-9(6-2)13(3)4/h5,8-9H,1,6H2,2-4H3. The third kappa shape index (κ3) is 5.75. The molecule has 0 N–H and O–H groups in total. The normalized spacial score (nSPS) is 14.5. The van der Waals surface area contributed by atoms with Crippen molar-refractivity contribution >= 4 is 21.9 Å². The summed E-state index contributed by atoms with van der Waals surface area (Å²) in [6.07, 6.45) is 2.80. The van der Waals surface area contributed by atoms with Crippen LogP contribution in [0.5, 0.6) is 0 Å². The van der Waals surface area contributed by atoms with E-state index in [2.05, 4.69) is 45.4 Å². The van der Waals surface area contributed by atoms with Crippen LogP contribution in [0.15, 0.2) is 22.6 Å². The highest BCUT2D eigenvalue weighted by Crippen LogP contribution is 2.01. The molecule has 0 aromatic rings. The summed E-state index contributed by atoms with van der Waals surface area (Å²) in [5.74, 6) is 0. The van der Waals surface area contributed by atoms with Gasteiger partial charge < -0.3 is 0 Å². The van der Waals surface area contributed by atoms with Crippen molar-refractivity contribution in [1.29, 1.82) is 0 Å². The van der Waals surface area contributed by atoms with Gasteiger partial charge in [0.2, 0.25) is 0 Å². The summed E-state index contributed by atoms with van der Waals surface area (Å²) < 4.78 is 0. The van der Waals surface area contributed by atoms with E-state index in [1.807, 2.05) is 19.0 Å². The zero-order chi connectivity index (χ0) is 10.3. The largest absolute Gasteiger partial charge is 0.287 e. The van der Waals surface area contributed by atoms with Crippen molar-refractivity contribution in [2.24, 2.45) is 9.98 Å². The van der Waals surface area contributed by atoms with Crippen molar-refractivity contribution < 1.29 is 0 Å². The lowest BCUT2D eigenvalue weighted by atomic mass is 10.4. The molecule has 0 aliphatic carbocycles. The van der Waals surface area contributed by atoms with Gasteiger partial charge in [-0.25, -0.2) is 9.98 Å². The summed E-state index contributed by atoms with van der Waals surface area (Å²) in [5, 5.41) is 0. The van der Waals surface area contributed by atoms with Crippen LogP contribution in [0.4, 0.5) is 0 Å². The maximum absolute atomic E-state index is 4.16. The molecule has 2 atom stereocenters. The highest BCUT2D eigenvalue weighted by Gasteiger charge is 2.03. The minimum atomic E-state index is -0.0871. The summed E-state index contributed by atoms with van der Waals surface area (Å²) in [6, 6.07) is 2.66. The molecule has 0 aliphatic rings. The average Bonchev–Trinajstić information content (AvgIpc) is 2.11. The fraction of sp³-hybridized carbons (Fsp3) is 0.667. The molecule has 0 bridgehead atoms. The smallest absolute Gasteiger partial charge is 0.133 e. The van der Waals surface area contributed by atoms with E-state index in [4.69, 9.17) is 0 Å². The van der Waals surface area contributed by atoms with Gasteiger partial charge in [0.15, 0.2) is 0 Å². The van der Waals surface area contributed by atoms with E-state index < -0.39 is 0 Å². The van der Waals surface area contributed by atoms with Gasteiger partial charge in [0, 0.05) is 0 Å². The van der Waals surface area contributed by atoms with E-state index in [-0.39, 0.29) is 11.1 Å². The van der Waals surface area contributed by atoms with Crippen molar-refractivity contribution in [3.63, 3.8) is 0 Å². The maximum atomic E-state index is 4.16. The lowest BCUT2D eigenvalue weighted by Gasteiger charge is -2.15. The Hall–Kier alpha value is -0.440. The van der Waals surface area contributed by atoms with Gasteiger partial charge in [-0.2, -0.15) is 0 Å². The number of alkyl halides is 1. The van der Waals surface area contributed by atoms with Crippen LogP contribution in [-0.2, 0) is 0 Å². The van der Waals surface area contributed by atoms with Crippen LogP contribution in [0.1, 0.15) is 13.3 Å². The van der Waals surface area contributed by atoms with Crippen LogP contribution in [0.3, 0.4) is 0 Å². The predicted molar refractivity (Wildman–Crippen MR) is 60.5 cm³/mol. The molecule has 0 heterocycles. The Kier molecular flexibility index (Phi) is 6.77. The van der Waals surface area contributed by atoms with Crippen LogP contribution in [-0.4, -0.2) is 36.1 Å². The van der Waals surface area contributed by atoms with E-state index in [0.717, 1.165) is 6.42 Å². The number of nitrogens with zero attached hydrogens (tertiary/aromatic N) is 3. The van der Waals surface area contributed by atoms with E-state index in [9.17, 15) is 0 Å². The molecule has 0 saturated carbocycles. The van der Waals surface area contributed by atoms with Gasteiger partial charge in [0.1, 0.15) is 11.1 Å². The maximum Gasteiger partial charge on any atom is 0.133 e. The number of hydrogen-bond donors (Lipinski definition) is 0. The van der Waals surface area contributed by atoms with Crippen LogP contribution in [0.2, 0.25) is 0 Å². The first-order chi connectivity index (χ1) is 6.11. The van der Waals surface area contributed by atoms with Crippen molar-refractivity contribution in [1.82, 2.24) is 4.90 Å². The Morgan fingerprint density at radius 1 is 1.54 bits per heavy atom. The summed E-state index contributed by atoms with van der Waals surface area (Å²) in [4.78, 5) is 10.1. The fourth-order valence-corrected chi connectivity index (χ4v) is 0.871. The second-order valence-corrected chi connectivity index (χ2v) is 3.76. The Morgan fingerprint density at radius 3 is 2.54 bits per heavy atom. The van der Waals surface area contributed by atoms with Crippen LogP contribution in [0.25, 0.3) is 0 Å². The molecule has 0 aliphatic heterocycles. The summed E-state index contributed by atoms with van der Waals surface area (Å²) in [7, 11) is 3.97. The Balaban J connectivity index is 4.21. The van der Waals surface area contributed by atoms with Crippen molar-refractivity contribution in [2.75, 3.05) is 14.1 Å². The minimum Gasteiger partial charge on any atom is -0.287 e. The quantitative estimate of drug-likeness (QED) is 0.317. The molecular formula is C9H16BrN3. The van der Waals surface area contributed by atoms with E-state index in [1.165, 1.54) is 0 Å². The van der Waals surface area contributed by atoms with Gasteiger partial charge in [-0.15, -0.1) is 6.58 Å². The van der Waals surface area contributed by atoms with Gasteiger partial charge >= 0.3 is 0 Å². The zero-order valence-electron chi connectivity index (χ0n) is 8.37. The van der Waals surface area contributed by atoms with Crippen molar-refractivity contribution in [3.05, 3.63) is 12.7 Å². The van der Waals surface area contributed by atoms with E-state index >= 15 is 0 Å². The third-order valence-corrected chi connectivity index (χ3v) is 2.12. The topological polar surface area (TPSA) is 28.0 Å². The SMILES string of the molecule is C=CC(Br)N=C=NC(CC)N(C)C. The molecule has 0 amide bonds. The number of hydrogen-bond acceptors (Lipinski definition) is 3. The van der Waals surface area contributed by atoms with Crippen LogP contribution in [0, 0.1) is 0 Å². The van der Waals surface area contributed by atoms with Gasteiger partial charge in [-0.3, -0.25) is 4.90 Å². The Labute approximate surface area is 88.4 Å². The Bertz CT molecular complexity index is 207. The van der Waals surface area contributed by atoms with Crippen LogP contribution >= 0.6 is 15.9 Å². The molecule has 0 radical (unpaired) electrons. The first-order valence-corrected chi connectivity index (χ1v) is 5.11. The fourth-order valence-electron chi connectivity index (χ4n) is 0.780. The predicted octanol–water partition coefficient (Wildman–Crippen LogP) is 2.37. The molecule has 13 heavy (non-hydrogen) atoms. The molecule has 0 rings (SSSR count). The van der Waals surface area contributed by atoms with Gasteiger partial charge in [-0.05, 0) is 20.5 Å². The van der Waals surface area contributed by atoms with Crippen molar-refractivity contribution in [3.8, 4) is 0 Å². The summed E-state index contributed by atoms with van der Waals surface area (Å²) in [6.45, 7) is 5.66. The molecule has 0 spiro atoms. The van der Waals surface area contributed by atoms with Crippen molar-refractivity contribution in [2.45, 2.75) is 24.5 Å². The zero-order valence-corrected chi connectivity index (χ0v) is 9.95. The van der Waals surface area contributed by atoms with E-state index in [0.29, 0.717) is 0 Å². The molecule has 2 unspecified atom stereocenters. The minimum absolute atomic E-state index is 0.0871.